The predicted octanol–water partition coefficient (Wildman–Crippen LogP) is 13.0. The van der Waals surface area contributed by atoms with Crippen LogP contribution in [0.4, 0.5) is 0 Å². The molecule has 2 spiro atoms. The molecule has 0 atom stereocenters. The molecule has 62 heavy (non-hydrogen) atoms. The molecular weight excluding hydrogens is 753 g/mol. The summed E-state index contributed by atoms with van der Waals surface area (Å²) in [6.45, 7) is 0. The normalized spacial score (nSPS) is 14.1. The van der Waals surface area contributed by atoms with Crippen LogP contribution in [0.25, 0.3) is 67.7 Å². The third kappa shape index (κ3) is 4.61. The fourth-order valence-corrected chi connectivity index (χ4v) is 11.2. The van der Waals surface area contributed by atoms with E-state index in [0.717, 1.165) is 33.5 Å². The average molecular weight is 789 g/mol. The Hall–Kier alpha value is -8.08. The average Bonchev–Trinajstić information content (AvgIpc) is 3.82. The van der Waals surface area contributed by atoms with Gasteiger partial charge in [0.25, 0.3) is 0 Å². The van der Waals surface area contributed by atoms with Crippen LogP contribution >= 0.6 is 0 Å². The van der Waals surface area contributed by atoms with Crippen molar-refractivity contribution in [3.63, 3.8) is 0 Å². The summed E-state index contributed by atoms with van der Waals surface area (Å²) >= 11 is 0. The van der Waals surface area contributed by atoms with Gasteiger partial charge in [-0.25, -0.2) is 15.0 Å². The van der Waals surface area contributed by atoms with Crippen molar-refractivity contribution in [1.82, 2.24) is 19.9 Å². The van der Waals surface area contributed by atoms with Crippen LogP contribution in [0.5, 0.6) is 0 Å². The van der Waals surface area contributed by atoms with Crippen molar-refractivity contribution >= 4 is 0 Å². The maximum atomic E-state index is 5.37. The van der Waals surface area contributed by atoms with E-state index < -0.39 is 10.8 Å². The highest BCUT2D eigenvalue weighted by atomic mass is 15.0. The zero-order valence-corrected chi connectivity index (χ0v) is 33.6. The van der Waals surface area contributed by atoms with Gasteiger partial charge in [-0.05, 0) is 85.0 Å². The standard InChI is InChI=1S/C58H36N4/c1-2-18-37(19-3-1)54-60-55(39-21-16-20-38(36-39)52-34-14-15-35-59-52)62-56(61-54)43-25-17-33-51-53(43)42-24-6-9-28-46(42)58(51)49-31-12-10-29-47(49)57(48-30-11-13-32-50(48)58)44-26-7-4-22-40(44)41-23-5-8-27-45(41)57/h1-36H. The lowest BCUT2D eigenvalue weighted by Crippen LogP contribution is -2.43. The first-order valence-electron chi connectivity index (χ1n) is 21.2. The molecule has 0 N–H and O–H groups in total. The van der Waals surface area contributed by atoms with Gasteiger partial charge in [-0.3, -0.25) is 4.98 Å². The van der Waals surface area contributed by atoms with Gasteiger partial charge in [-0.1, -0.05) is 194 Å². The molecule has 0 fully saturated rings. The highest BCUT2D eigenvalue weighted by molar-refractivity contribution is 5.97. The molecule has 13 rings (SSSR count). The Morgan fingerprint density at radius 1 is 0.274 bits per heavy atom. The molecule has 3 aliphatic rings. The number of nitrogens with zero attached hydrogens (tertiary/aromatic N) is 4. The minimum Gasteiger partial charge on any atom is -0.256 e. The lowest BCUT2D eigenvalue weighted by molar-refractivity contribution is 0.633. The van der Waals surface area contributed by atoms with E-state index in [4.69, 9.17) is 15.0 Å². The molecule has 2 aromatic heterocycles. The molecule has 4 nitrogen and oxygen atoms in total. The molecule has 0 bridgehead atoms. The molecule has 8 aromatic carbocycles. The van der Waals surface area contributed by atoms with E-state index in [9.17, 15) is 0 Å². The molecule has 0 aliphatic heterocycles. The number of fused-ring (bicyclic) bond motifs is 16. The van der Waals surface area contributed by atoms with E-state index in [1.54, 1.807) is 0 Å². The van der Waals surface area contributed by atoms with Crippen LogP contribution in [0.2, 0.25) is 0 Å². The van der Waals surface area contributed by atoms with Crippen molar-refractivity contribution in [2.45, 2.75) is 10.8 Å². The summed E-state index contributed by atoms with van der Waals surface area (Å²) in [7, 11) is 0. The number of benzene rings is 8. The molecule has 0 unspecified atom stereocenters. The number of hydrogen-bond acceptors (Lipinski definition) is 4. The zero-order chi connectivity index (χ0) is 40.8. The van der Waals surface area contributed by atoms with E-state index in [2.05, 4.69) is 181 Å². The third-order valence-electron chi connectivity index (χ3n) is 13.5. The Bertz CT molecular complexity index is 3330. The van der Waals surface area contributed by atoms with Crippen LogP contribution in [-0.2, 0) is 10.8 Å². The summed E-state index contributed by atoms with van der Waals surface area (Å²) < 4.78 is 0. The summed E-state index contributed by atoms with van der Waals surface area (Å²) in [4.78, 5) is 20.5. The summed E-state index contributed by atoms with van der Waals surface area (Å²) in [6.07, 6.45) is 1.83. The van der Waals surface area contributed by atoms with Gasteiger partial charge in [0.05, 0.1) is 16.5 Å². The SMILES string of the molecule is c1ccc(-c2nc(-c3cccc(-c4ccccn4)c3)nc(-c3cccc4c3-c3ccccc3C43c4ccccc4C4(c5ccccc5-c5ccccc54)c4ccccc43)n2)cc1. The van der Waals surface area contributed by atoms with Gasteiger partial charge >= 0.3 is 0 Å². The molecule has 0 radical (unpaired) electrons. The smallest absolute Gasteiger partial charge is 0.164 e. The van der Waals surface area contributed by atoms with Crippen molar-refractivity contribution < 1.29 is 0 Å². The number of aromatic nitrogens is 4. The fourth-order valence-electron chi connectivity index (χ4n) is 11.2. The highest BCUT2D eigenvalue weighted by Crippen LogP contribution is 2.67. The topological polar surface area (TPSA) is 51.6 Å². The Labute approximate surface area is 360 Å². The molecule has 0 saturated carbocycles. The van der Waals surface area contributed by atoms with Crippen LogP contribution in [-0.4, -0.2) is 19.9 Å². The van der Waals surface area contributed by atoms with E-state index in [0.29, 0.717) is 17.5 Å². The van der Waals surface area contributed by atoms with Gasteiger partial charge in [0.2, 0.25) is 0 Å². The van der Waals surface area contributed by atoms with Crippen LogP contribution in [0.3, 0.4) is 0 Å². The Morgan fingerprint density at radius 3 is 1.31 bits per heavy atom. The molecule has 4 heteroatoms. The Balaban J connectivity index is 1.10. The molecule has 0 amide bonds. The van der Waals surface area contributed by atoms with E-state index in [1.165, 1.54) is 61.2 Å². The molecule has 10 aromatic rings. The number of hydrogen-bond donors (Lipinski definition) is 0. The quantitative estimate of drug-likeness (QED) is 0.178. The van der Waals surface area contributed by atoms with Crippen LogP contribution in [0, 0.1) is 0 Å². The molecular formula is C58H36N4. The minimum atomic E-state index is -0.623. The number of pyridine rings is 1. The molecule has 0 saturated heterocycles. The molecule has 288 valence electrons. The Morgan fingerprint density at radius 2 is 0.694 bits per heavy atom. The van der Waals surface area contributed by atoms with Gasteiger partial charge in [-0.2, -0.15) is 0 Å². The largest absolute Gasteiger partial charge is 0.256 e. The first-order valence-corrected chi connectivity index (χ1v) is 21.2. The van der Waals surface area contributed by atoms with Gasteiger partial charge in [-0.15, -0.1) is 0 Å². The van der Waals surface area contributed by atoms with Gasteiger partial charge < -0.3 is 0 Å². The third-order valence-corrected chi connectivity index (χ3v) is 13.5. The van der Waals surface area contributed by atoms with Crippen LogP contribution < -0.4 is 0 Å². The summed E-state index contributed by atoms with van der Waals surface area (Å²) in [5, 5.41) is 0. The zero-order valence-electron chi connectivity index (χ0n) is 33.6. The summed E-state index contributed by atoms with van der Waals surface area (Å²) in [5.74, 6) is 1.87. The van der Waals surface area contributed by atoms with Crippen molar-refractivity contribution in [3.8, 4) is 67.7 Å². The van der Waals surface area contributed by atoms with Crippen molar-refractivity contribution in [2.75, 3.05) is 0 Å². The van der Waals surface area contributed by atoms with E-state index in [-0.39, 0.29) is 0 Å². The molecule has 3 aliphatic carbocycles. The summed E-state index contributed by atoms with van der Waals surface area (Å²) in [5.41, 5.74) is 18.9. The van der Waals surface area contributed by atoms with E-state index >= 15 is 0 Å². The Kier molecular flexibility index (Phi) is 7.40. The van der Waals surface area contributed by atoms with Gasteiger partial charge in [0.15, 0.2) is 17.5 Å². The van der Waals surface area contributed by atoms with Gasteiger partial charge in [0.1, 0.15) is 0 Å². The lowest BCUT2D eigenvalue weighted by atomic mass is 9.52. The van der Waals surface area contributed by atoms with Crippen LogP contribution in [0.1, 0.15) is 44.5 Å². The van der Waals surface area contributed by atoms with Gasteiger partial charge in [0, 0.05) is 28.5 Å². The van der Waals surface area contributed by atoms with Crippen molar-refractivity contribution in [3.05, 3.63) is 263 Å². The molecule has 2 heterocycles. The first kappa shape index (κ1) is 34.8. The predicted molar refractivity (Wildman–Crippen MR) is 248 cm³/mol. The number of rotatable bonds is 4. The van der Waals surface area contributed by atoms with E-state index in [1.807, 2.05) is 42.6 Å². The maximum Gasteiger partial charge on any atom is 0.164 e. The second-order valence-corrected chi connectivity index (χ2v) is 16.4. The second kappa shape index (κ2) is 13.2. The lowest BCUT2D eigenvalue weighted by Gasteiger charge is -2.48. The summed E-state index contributed by atoms with van der Waals surface area (Å²) in [6, 6.07) is 76.8. The van der Waals surface area contributed by atoms with Crippen molar-refractivity contribution in [1.29, 1.82) is 0 Å². The fraction of sp³-hybridized carbons (Fsp3) is 0.0345. The maximum absolute atomic E-state index is 5.37. The van der Waals surface area contributed by atoms with Crippen molar-refractivity contribution in [2.24, 2.45) is 0 Å². The monoisotopic (exact) mass is 788 g/mol. The minimum absolute atomic E-state index is 0.502. The second-order valence-electron chi connectivity index (χ2n) is 16.4. The van der Waals surface area contributed by atoms with Crippen LogP contribution in [0.15, 0.2) is 219 Å². The highest BCUT2D eigenvalue weighted by Gasteiger charge is 2.59. The first-order chi connectivity index (χ1) is 30.8.